The first kappa shape index (κ1) is 30.2. The molecule has 1 aromatic carbocycles. The van der Waals surface area contributed by atoms with Crippen molar-refractivity contribution in [3.8, 4) is 21.8 Å². The number of benzene rings is 1. The molecule has 0 spiro atoms. The van der Waals surface area contributed by atoms with Crippen LogP contribution in [0.2, 0.25) is 0 Å². The van der Waals surface area contributed by atoms with E-state index in [0.717, 1.165) is 28.8 Å². The topological polar surface area (TPSA) is 140 Å². The van der Waals surface area contributed by atoms with E-state index in [4.69, 9.17) is 14.0 Å². The quantitative estimate of drug-likeness (QED) is 0.354. The zero-order chi connectivity index (χ0) is 29.7. The van der Waals surface area contributed by atoms with Gasteiger partial charge in [0.15, 0.2) is 28.3 Å². The monoisotopic (exact) mass is 616 g/mol. The third-order valence-corrected chi connectivity index (χ3v) is 11.5. The van der Waals surface area contributed by atoms with Crippen LogP contribution in [0.3, 0.4) is 0 Å². The van der Waals surface area contributed by atoms with Gasteiger partial charge in [0.25, 0.3) is 0 Å². The Hall–Kier alpha value is -3.26. The largest absolute Gasteiger partial charge is 0.444 e. The Morgan fingerprint density at radius 3 is 2.62 bits per heavy atom. The third kappa shape index (κ3) is 6.69. The second kappa shape index (κ2) is 12.9. The number of nitrogens with one attached hydrogen (secondary N) is 2. The second-order valence-corrected chi connectivity index (χ2v) is 14.4. The maximum atomic E-state index is 14.1. The predicted molar refractivity (Wildman–Crippen MR) is 158 cm³/mol. The number of thiophene rings is 1. The Balaban J connectivity index is 1.43. The number of amides is 3. The van der Waals surface area contributed by atoms with Crippen LogP contribution in [0.4, 0.5) is 4.79 Å². The minimum atomic E-state index is -3.89. The average molecular weight is 617 g/mol. The lowest BCUT2D eigenvalue weighted by atomic mass is 9.97. The number of ether oxygens (including phenoxy) is 1. The van der Waals surface area contributed by atoms with Gasteiger partial charge in [0.2, 0.25) is 5.91 Å². The van der Waals surface area contributed by atoms with E-state index in [9.17, 15) is 18.0 Å². The molecule has 0 saturated carbocycles. The minimum absolute atomic E-state index is 0.0397. The van der Waals surface area contributed by atoms with Crippen molar-refractivity contribution in [1.29, 1.82) is 0 Å². The molecule has 42 heavy (non-hydrogen) atoms. The second-order valence-electron chi connectivity index (χ2n) is 10.9. The molecule has 5 rings (SSSR count). The van der Waals surface area contributed by atoms with E-state index in [2.05, 4.69) is 15.8 Å². The molecule has 2 aliphatic rings. The van der Waals surface area contributed by atoms with E-state index < -0.39 is 26.8 Å². The number of sulfone groups is 1. The third-order valence-electron chi connectivity index (χ3n) is 7.54. The molecule has 0 bridgehead atoms. The number of hydrogen-bond donors (Lipinski definition) is 2. The van der Waals surface area contributed by atoms with Crippen LogP contribution in [-0.2, 0) is 29.0 Å². The molecule has 13 heteroatoms. The lowest BCUT2D eigenvalue weighted by Crippen LogP contribution is -2.44. The van der Waals surface area contributed by atoms with Crippen molar-refractivity contribution in [2.75, 3.05) is 25.4 Å². The summed E-state index contributed by atoms with van der Waals surface area (Å²) >= 11 is 1.34. The van der Waals surface area contributed by atoms with Gasteiger partial charge in [0.1, 0.15) is 4.75 Å². The normalized spacial score (nSPS) is 22.5. The summed E-state index contributed by atoms with van der Waals surface area (Å²) in [6.45, 7) is 4.46. The molecule has 11 nitrogen and oxygen atoms in total. The Kier molecular flexibility index (Phi) is 9.31. The zero-order valence-corrected chi connectivity index (χ0v) is 25.3. The fourth-order valence-electron chi connectivity index (χ4n) is 5.24. The molecule has 2 aromatic heterocycles. The summed E-state index contributed by atoms with van der Waals surface area (Å²) < 4.78 is 37.5. The molecule has 3 aromatic rings. The van der Waals surface area contributed by atoms with Crippen molar-refractivity contribution < 1.29 is 32.0 Å². The Bertz CT molecular complexity index is 1470. The highest BCUT2D eigenvalue weighted by atomic mass is 32.2. The van der Waals surface area contributed by atoms with E-state index in [1.807, 2.05) is 44.2 Å². The van der Waals surface area contributed by atoms with Gasteiger partial charge in [-0.05, 0) is 50.8 Å². The predicted octanol–water partition coefficient (Wildman–Crippen LogP) is 4.47. The molecule has 0 aliphatic carbocycles. The van der Waals surface area contributed by atoms with E-state index in [-0.39, 0.29) is 43.8 Å². The first-order chi connectivity index (χ1) is 20.2. The molecule has 2 atom stereocenters. The SMILES string of the molecule is CC(C)NC(=O)N1CC[C@](CC(=O)NOC2CCCCO2)(c2ccc(-c3ccc(-c4cnco4)cc3)s2)S(=O)(=O)CC1. The van der Waals surface area contributed by atoms with Crippen LogP contribution in [0.15, 0.2) is 53.4 Å². The van der Waals surface area contributed by atoms with Crippen molar-refractivity contribution in [1.82, 2.24) is 20.7 Å². The molecule has 4 heterocycles. The van der Waals surface area contributed by atoms with Crippen LogP contribution in [-0.4, -0.2) is 68.0 Å². The summed E-state index contributed by atoms with van der Waals surface area (Å²) in [4.78, 5) is 38.4. The van der Waals surface area contributed by atoms with Gasteiger partial charge in [-0.1, -0.05) is 24.3 Å². The summed E-state index contributed by atoms with van der Waals surface area (Å²) in [7, 11) is -3.89. The number of rotatable bonds is 8. The van der Waals surface area contributed by atoms with Crippen LogP contribution >= 0.6 is 11.3 Å². The molecular formula is C29H36N4O7S2. The van der Waals surface area contributed by atoms with Crippen molar-refractivity contribution in [2.24, 2.45) is 0 Å². The number of hydrogen-bond acceptors (Lipinski definition) is 9. The maximum absolute atomic E-state index is 14.1. The van der Waals surface area contributed by atoms with Crippen molar-refractivity contribution in [2.45, 2.75) is 63.0 Å². The van der Waals surface area contributed by atoms with Crippen LogP contribution in [0.1, 0.15) is 50.8 Å². The van der Waals surface area contributed by atoms with Gasteiger partial charge in [0.05, 0.1) is 18.4 Å². The number of carbonyl (C=O) groups is 2. The first-order valence-electron chi connectivity index (χ1n) is 14.1. The molecule has 2 saturated heterocycles. The van der Waals surface area contributed by atoms with Crippen LogP contribution in [0, 0.1) is 0 Å². The van der Waals surface area contributed by atoms with Gasteiger partial charge in [-0.15, -0.1) is 11.3 Å². The van der Waals surface area contributed by atoms with Gasteiger partial charge >= 0.3 is 6.03 Å². The molecule has 2 fully saturated rings. The number of aromatic nitrogens is 1. The van der Waals surface area contributed by atoms with Crippen LogP contribution < -0.4 is 10.8 Å². The van der Waals surface area contributed by atoms with Gasteiger partial charge in [-0.3, -0.25) is 4.79 Å². The first-order valence-corrected chi connectivity index (χ1v) is 16.6. The minimum Gasteiger partial charge on any atom is -0.444 e. The Morgan fingerprint density at radius 2 is 1.93 bits per heavy atom. The number of hydroxylamine groups is 1. The lowest BCUT2D eigenvalue weighted by Gasteiger charge is -2.31. The van der Waals surface area contributed by atoms with Gasteiger partial charge in [0, 0.05) is 47.5 Å². The van der Waals surface area contributed by atoms with Crippen LogP contribution in [0.25, 0.3) is 21.8 Å². The molecule has 226 valence electrons. The molecule has 0 radical (unpaired) electrons. The summed E-state index contributed by atoms with van der Waals surface area (Å²) in [6.07, 6.45) is 4.67. The van der Waals surface area contributed by atoms with Crippen LogP contribution in [0.5, 0.6) is 0 Å². The fourth-order valence-corrected chi connectivity index (χ4v) is 8.85. The van der Waals surface area contributed by atoms with Crippen molar-refractivity contribution >= 4 is 33.1 Å². The summed E-state index contributed by atoms with van der Waals surface area (Å²) in [6, 6.07) is 10.9. The number of urea groups is 1. The fraction of sp³-hybridized carbons (Fsp3) is 0.483. The molecule has 1 unspecified atom stereocenters. The zero-order valence-electron chi connectivity index (χ0n) is 23.7. The smallest absolute Gasteiger partial charge is 0.317 e. The summed E-state index contributed by atoms with van der Waals surface area (Å²) in [5.41, 5.74) is 4.21. The molecule has 2 aliphatic heterocycles. The Labute approximate surface area is 249 Å². The highest BCUT2D eigenvalue weighted by Crippen LogP contribution is 2.45. The van der Waals surface area contributed by atoms with E-state index >= 15 is 0 Å². The van der Waals surface area contributed by atoms with Gasteiger partial charge < -0.3 is 19.4 Å². The Morgan fingerprint density at radius 1 is 1.14 bits per heavy atom. The van der Waals surface area contributed by atoms with Gasteiger partial charge in [-0.2, -0.15) is 0 Å². The van der Waals surface area contributed by atoms with E-state index in [0.29, 0.717) is 23.7 Å². The highest BCUT2D eigenvalue weighted by molar-refractivity contribution is 7.92. The maximum Gasteiger partial charge on any atom is 0.317 e. The number of carbonyl (C=O) groups excluding carboxylic acids is 2. The highest BCUT2D eigenvalue weighted by Gasteiger charge is 2.50. The average Bonchev–Trinajstić information content (AvgIpc) is 3.67. The lowest BCUT2D eigenvalue weighted by molar-refractivity contribution is -0.200. The molecular weight excluding hydrogens is 580 g/mol. The number of oxazole rings is 1. The molecule has 2 N–H and O–H groups in total. The summed E-state index contributed by atoms with van der Waals surface area (Å²) in [5, 5.41) is 2.84. The standard InChI is InChI=1S/C29H36N4O7S2/c1-20(2)31-28(35)33-13-12-29(42(36,37)16-14-33,17-26(34)32-40-27-5-3-4-15-38-27)25-11-10-24(41-25)22-8-6-21(7-9-22)23-18-30-19-39-23/h6-11,18-20,27H,3-5,12-17H2,1-2H3,(H,31,35)(H,32,34)/t27?,29-/m0/s1. The van der Waals surface area contributed by atoms with Crippen molar-refractivity contribution in [3.63, 3.8) is 0 Å². The van der Waals surface area contributed by atoms with Crippen molar-refractivity contribution in [3.05, 3.63) is 53.9 Å². The van der Waals surface area contributed by atoms with E-state index in [1.165, 1.54) is 22.6 Å². The number of nitrogens with zero attached hydrogens (tertiary/aromatic N) is 2. The summed E-state index contributed by atoms with van der Waals surface area (Å²) in [5.74, 6) is -0.175. The van der Waals surface area contributed by atoms with Gasteiger partial charge in [-0.25, -0.2) is 28.5 Å². The van der Waals surface area contributed by atoms with E-state index in [1.54, 1.807) is 12.3 Å². The molecule has 3 amide bonds.